The standard InChI is InChI=1S/C14H13Cl2NO3S/c1-7(11(8(2)18)12(19)13(16)21)14(20)17-10-5-3-9(15)4-6-10/h3-6,11,13,21H,1H2,2H3,(H,17,20). The van der Waals surface area contributed by atoms with E-state index in [1.165, 1.54) is 6.92 Å². The largest absolute Gasteiger partial charge is 0.322 e. The number of ketones is 2. The van der Waals surface area contributed by atoms with Gasteiger partial charge in [-0.05, 0) is 31.2 Å². The number of halogens is 2. The van der Waals surface area contributed by atoms with E-state index in [2.05, 4.69) is 24.5 Å². The first-order chi connectivity index (χ1) is 9.73. The first-order valence-corrected chi connectivity index (χ1v) is 7.19. The molecule has 1 N–H and O–H groups in total. The van der Waals surface area contributed by atoms with E-state index < -0.39 is 28.1 Å². The Morgan fingerprint density at radius 1 is 1.24 bits per heavy atom. The molecular formula is C14H13Cl2NO3S. The van der Waals surface area contributed by atoms with Gasteiger partial charge in [0.2, 0.25) is 0 Å². The van der Waals surface area contributed by atoms with Crippen LogP contribution in [0.3, 0.4) is 0 Å². The highest BCUT2D eigenvalue weighted by Crippen LogP contribution is 2.21. The molecule has 1 amide bonds. The number of carbonyl (C=O) groups excluding carboxylic acids is 3. The summed E-state index contributed by atoms with van der Waals surface area (Å²) in [6.07, 6.45) is 0. The van der Waals surface area contributed by atoms with Crippen molar-refractivity contribution in [1.82, 2.24) is 0 Å². The Bertz CT molecular complexity index is 584. The van der Waals surface area contributed by atoms with Gasteiger partial charge in [-0.3, -0.25) is 14.4 Å². The Balaban J connectivity index is 2.89. The van der Waals surface area contributed by atoms with Gasteiger partial charge >= 0.3 is 0 Å². The van der Waals surface area contributed by atoms with Crippen molar-refractivity contribution in [3.05, 3.63) is 41.4 Å². The van der Waals surface area contributed by atoms with Crippen molar-refractivity contribution in [3.63, 3.8) is 0 Å². The van der Waals surface area contributed by atoms with Crippen LogP contribution in [0.25, 0.3) is 0 Å². The summed E-state index contributed by atoms with van der Waals surface area (Å²) in [6, 6.07) is 6.36. The molecule has 0 radical (unpaired) electrons. The predicted molar refractivity (Wildman–Crippen MR) is 87.0 cm³/mol. The summed E-state index contributed by atoms with van der Waals surface area (Å²) in [4.78, 5) is 35.5. The zero-order valence-corrected chi connectivity index (χ0v) is 13.5. The fraction of sp³-hybridized carbons (Fsp3) is 0.214. The van der Waals surface area contributed by atoms with Crippen LogP contribution in [0.1, 0.15) is 6.92 Å². The van der Waals surface area contributed by atoms with Crippen LogP contribution in [0.5, 0.6) is 0 Å². The Morgan fingerprint density at radius 3 is 2.19 bits per heavy atom. The summed E-state index contributed by atoms with van der Waals surface area (Å²) in [6.45, 7) is 4.71. The lowest BCUT2D eigenvalue weighted by Crippen LogP contribution is -2.33. The molecule has 2 unspecified atom stereocenters. The second-order valence-electron chi connectivity index (χ2n) is 4.27. The average Bonchev–Trinajstić information content (AvgIpc) is 2.40. The van der Waals surface area contributed by atoms with Gasteiger partial charge in [-0.2, -0.15) is 12.6 Å². The number of benzene rings is 1. The van der Waals surface area contributed by atoms with E-state index in [9.17, 15) is 14.4 Å². The van der Waals surface area contributed by atoms with Crippen molar-refractivity contribution in [3.8, 4) is 0 Å². The minimum Gasteiger partial charge on any atom is -0.322 e. The highest BCUT2D eigenvalue weighted by atomic mass is 35.5. The number of anilines is 1. The third-order valence-electron chi connectivity index (χ3n) is 2.67. The molecule has 0 aliphatic carbocycles. The maximum Gasteiger partial charge on any atom is 0.252 e. The minimum absolute atomic E-state index is 0.179. The maximum absolute atomic E-state index is 12.1. The van der Waals surface area contributed by atoms with Crippen molar-refractivity contribution < 1.29 is 14.4 Å². The van der Waals surface area contributed by atoms with Crippen LogP contribution in [0.15, 0.2) is 36.4 Å². The fourth-order valence-electron chi connectivity index (χ4n) is 1.63. The number of hydrogen-bond donors (Lipinski definition) is 2. The highest BCUT2D eigenvalue weighted by molar-refractivity contribution is 7.83. The Morgan fingerprint density at radius 2 is 1.76 bits per heavy atom. The number of nitrogens with one attached hydrogen (secondary N) is 1. The minimum atomic E-state index is -1.31. The Hall–Kier alpha value is -1.30. The van der Waals surface area contributed by atoms with Gasteiger partial charge in [-0.1, -0.05) is 18.2 Å². The van der Waals surface area contributed by atoms with E-state index >= 15 is 0 Å². The van der Waals surface area contributed by atoms with E-state index in [0.29, 0.717) is 10.7 Å². The third kappa shape index (κ3) is 4.88. The summed E-state index contributed by atoms with van der Waals surface area (Å²) in [7, 11) is 0. The van der Waals surface area contributed by atoms with Gasteiger partial charge < -0.3 is 5.32 Å². The summed E-state index contributed by atoms with van der Waals surface area (Å²) >= 11 is 15.1. The molecule has 0 aromatic heterocycles. The first-order valence-electron chi connectivity index (χ1n) is 5.86. The molecule has 0 saturated heterocycles. The van der Waals surface area contributed by atoms with Crippen molar-refractivity contribution in [2.24, 2.45) is 5.92 Å². The van der Waals surface area contributed by atoms with E-state index in [0.717, 1.165) is 0 Å². The number of thiol groups is 1. The maximum atomic E-state index is 12.1. The molecule has 0 bridgehead atoms. The summed E-state index contributed by atoms with van der Waals surface area (Å²) in [5.74, 6) is -3.14. The fourth-order valence-corrected chi connectivity index (χ4v) is 2.03. The molecule has 7 heteroatoms. The smallest absolute Gasteiger partial charge is 0.252 e. The zero-order chi connectivity index (χ0) is 16.2. The van der Waals surface area contributed by atoms with Crippen LogP contribution in [0.2, 0.25) is 5.02 Å². The van der Waals surface area contributed by atoms with E-state index in [-0.39, 0.29) is 5.57 Å². The molecule has 1 aromatic carbocycles. The molecule has 1 rings (SSSR count). The molecule has 0 aliphatic rings. The molecule has 21 heavy (non-hydrogen) atoms. The monoisotopic (exact) mass is 345 g/mol. The number of hydrogen-bond acceptors (Lipinski definition) is 4. The molecule has 0 spiro atoms. The molecule has 0 fully saturated rings. The molecule has 4 nitrogen and oxygen atoms in total. The van der Waals surface area contributed by atoms with Crippen molar-refractivity contribution in [1.29, 1.82) is 0 Å². The molecule has 0 aliphatic heterocycles. The van der Waals surface area contributed by atoms with Crippen LogP contribution in [-0.4, -0.2) is 22.2 Å². The van der Waals surface area contributed by atoms with Gasteiger partial charge in [-0.15, -0.1) is 11.6 Å². The van der Waals surface area contributed by atoms with Gasteiger partial charge in [-0.25, -0.2) is 0 Å². The van der Waals surface area contributed by atoms with Crippen molar-refractivity contribution in [2.45, 2.75) is 11.6 Å². The SMILES string of the molecule is C=C(C(=O)Nc1ccc(Cl)cc1)C(C(C)=O)C(=O)C(S)Cl. The summed E-state index contributed by atoms with van der Waals surface area (Å²) < 4.78 is -1.18. The van der Waals surface area contributed by atoms with Gasteiger partial charge in [0.05, 0.1) is 0 Å². The topological polar surface area (TPSA) is 63.2 Å². The molecule has 0 saturated carbocycles. The van der Waals surface area contributed by atoms with Crippen LogP contribution >= 0.6 is 35.8 Å². The summed E-state index contributed by atoms with van der Waals surface area (Å²) in [5.41, 5.74) is 0.288. The number of carbonyl (C=O) groups is 3. The first kappa shape index (κ1) is 17.8. The molecule has 112 valence electrons. The average molecular weight is 346 g/mol. The number of alkyl halides is 1. The lowest BCUT2D eigenvalue weighted by molar-refractivity contribution is -0.130. The highest BCUT2D eigenvalue weighted by Gasteiger charge is 2.32. The lowest BCUT2D eigenvalue weighted by Gasteiger charge is -2.16. The van der Waals surface area contributed by atoms with Crippen molar-refractivity contribution in [2.75, 3.05) is 5.32 Å². The van der Waals surface area contributed by atoms with Gasteiger partial charge in [0.15, 0.2) is 5.78 Å². The third-order valence-corrected chi connectivity index (χ3v) is 3.39. The normalized spacial score (nSPS) is 13.1. The lowest BCUT2D eigenvalue weighted by atomic mass is 9.92. The van der Waals surface area contributed by atoms with E-state index in [1.54, 1.807) is 24.3 Å². The quantitative estimate of drug-likeness (QED) is 0.360. The number of amides is 1. The number of Topliss-reactive ketones (excluding diaryl/α,β-unsaturated/α-hetero) is 2. The van der Waals surface area contributed by atoms with E-state index in [1.807, 2.05) is 0 Å². The van der Waals surface area contributed by atoms with Crippen LogP contribution in [0, 0.1) is 5.92 Å². The van der Waals surface area contributed by atoms with Crippen LogP contribution in [-0.2, 0) is 14.4 Å². The predicted octanol–water partition coefficient (Wildman–Crippen LogP) is 3.10. The van der Waals surface area contributed by atoms with Crippen molar-refractivity contribution >= 4 is 59.0 Å². The van der Waals surface area contributed by atoms with Gasteiger partial charge in [0.25, 0.3) is 5.91 Å². The number of rotatable bonds is 6. The van der Waals surface area contributed by atoms with Crippen LogP contribution in [0.4, 0.5) is 5.69 Å². The van der Waals surface area contributed by atoms with E-state index in [4.69, 9.17) is 23.2 Å². The Labute approximate surface area is 137 Å². The van der Waals surface area contributed by atoms with Crippen LogP contribution < -0.4 is 5.32 Å². The van der Waals surface area contributed by atoms with Gasteiger partial charge in [0.1, 0.15) is 16.4 Å². The second kappa shape index (κ2) is 7.64. The molecular weight excluding hydrogens is 333 g/mol. The molecule has 2 atom stereocenters. The Kier molecular flexibility index (Phi) is 6.45. The summed E-state index contributed by atoms with van der Waals surface area (Å²) in [5, 5.41) is 3.05. The second-order valence-corrected chi connectivity index (χ2v) is 5.96. The zero-order valence-electron chi connectivity index (χ0n) is 11.1. The molecule has 0 heterocycles. The van der Waals surface area contributed by atoms with Gasteiger partial charge in [0, 0.05) is 16.3 Å². The molecule has 1 aromatic rings.